The SMILES string of the molecule is CC(C)c1ccc(NCC(O)COc2cnsn2)cc1. The van der Waals surface area contributed by atoms with Gasteiger partial charge in [-0.15, -0.1) is 4.37 Å². The van der Waals surface area contributed by atoms with Gasteiger partial charge in [0.1, 0.15) is 18.9 Å². The molecule has 20 heavy (non-hydrogen) atoms. The van der Waals surface area contributed by atoms with Gasteiger partial charge < -0.3 is 15.2 Å². The number of aliphatic hydroxyl groups excluding tert-OH is 1. The molecule has 1 atom stereocenters. The summed E-state index contributed by atoms with van der Waals surface area (Å²) in [6.45, 7) is 4.95. The van der Waals surface area contributed by atoms with Crippen molar-refractivity contribution in [3.63, 3.8) is 0 Å². The van der Waals surface area contributed by atoms with Crippen LogP contribution in [0.4, 0.5) is 5.69 Å². The minimum Gasteiger partial charge on any atom is -0.473 e. The number of anilines is 1. The van der Waals surface area contributed by atoms with E-state index in [1.54, 1.807) is 0 Å². The molecule has 2 N–H and O–H groups in total. The maximum Gasteiger partial charge on any atom is 0.245 e. The number of ether oxygens (including phenoxy) is 1. The van der Waals surface area contributed by atoms with Crippen molar-refractivity contribution in [3.8, 4) is 5.88 Å². The van der Waals surface area contributed by atoms with Crippen molar-refractivity contribution in [1.82, 2.24) is 8.75 Å². The highest BCUT2D eigenvalue weighted by molar-refractivity contribution is 6.99. The molecule has 0 aliphatic rings. The second-order valence-corrected chi connectivity index (χ2v) is 5.42. The molecule has 5 nitrogen and oxygen atoms in total. The molecule has 0 radical (unpaired) electrons. The highest BCUT2D eigenvalue weighted by atomic mass is 32.1. The molecule has 0 aliphatic heterocycles. The molecular formula is C14H19N3O2S. The van der Waals surface area contributed by atoms with Gasteiger partial charge in [-0.3, -0.25) is 0 Å². The molecule has 0 bridgehead atoms. The topological polar surface area (TPSA) is 67.3 Å². The van der Waals surface area contributed by atoms with Gasteiger partial charge in [-0.25, -0.2) is 0 Å². The Labute approximate surface area is 122 Å². The first-order valence-electron chi connectivity index (χ1n) is 6.57. The summed E-state index contributed by atoms with van der Waals surface area (Å²) in [5, 5.41) is 13.0. The minimum absolute atomic E-state index is 0.197. The summed E-state index contributed by atoms with van der Waals surface area (Å²) in [4.78, 5) is 0. The van der Waals surface area contributed by atoms with Crippen molar-refractivity contribution in [3.05, 3.63) is 36.0 Å². The lowest BCUT2D eigenvalue weighted by Crippen LogP contribution is -2.26. The van der Waals surface area contributed by atoms with Crippen LogP contribution in [0.1, 0.15) is 25.3 Å². The first kappa shape index (κ1) is 14.7. The van der Waals surface area contributed by atoms with Gasteiger partial charge >= 0.3 is 0 Å². The number of rotatable bonds is 7. The van der Waals surface area contributed by atoms with E-state index in [2.05, 4.69) is 40.0 Å². The Morgan fingerprint density at radius 2 is 2.05 bits per heavy atom. The van der Waals surface area contributed by atoms with Crippen LogP contribution in [-0.4, -0.2) is 33.1 Å². The summed E-state index contributed by atoms with van der Waals surface area (Å²) in [7, 11) is 0. The zero-order valence-electron chi connectivity index (χ0n) is 11.6. The highest BCUT2D eigenvalue weighted by Crippen LogP contribution is 2.17. The minimum atomic E-state index is -0.596. The molecule has 1 aromatic heterocycles. The average molecular weight is 293 g/mol. The zero-order valence-corrected chi connectivity index (χ0v) is 12.4. The van der Waals surface area contributed by atoms with Gasteiger partial charge in [-0.2, -0.15) is 4.37 Å². The molecule has 0 fully saturated rings. The molecule has 2 aromatic rings. The number of hydrogen-bond donors (Lipinski definition) is 2. The maximum atomic E-state index is 9.82. The van der Waals surface area contributed by atoms with E-state index in [4.69, 9.17) is 4.74 Å². The van der Waals surface area contributed by atoms with Gasteiger partial charge in [0, 0.05) is 12.2 Å². The van der Waals surface area contributed by atoms with E-state index in [-0.39, 0.29) is 6.61 Å². The first-order valence-corrected chi connectivity index (χ1v) is 7.30. The molecule has 2 rings (SSSR count). The van der Waals surface area contributed by atoms with Crippen LogP contribution in [0, 0.1) is 0 Å². The van der Waals surface area contributed by atoms with E-state index in [0.29, 0.717) is 18.3 Å². The lowest BCUT2D eigenvalue weighted by atomic mass is 10.0. The van der Waals surface area contributed by atoms with Gasteiger partial charge in [0.2, 0.25) is 5.88 Å². The van der Waals surface area contributed by atoms with Crippen molar-refractivity contribution in [1.29, 1.82) is 0 Å². The quantitative estimate of drug-likeness (QED) is 0.821. The van der Waals surface area contributed by atoms with Crippen LogP contribution >= 0.6 is 11.7 Å². The largest absolute Gasteiger partial charge is 0.473 e. The van der Waals surface area contributed by atoms with Crippen molar-refractivity contribution in [2.45, 2.75) is 25.9 Å². The standard InChI is InChI=1S/C14H19N3O2S/c1-10(2)11-3-5-12(6-4-11)15-7-13(18)9-19-14-8-16-20-17-14/h3-6,8,10,13,15,18H,7,9H2,1-2H3. The van der Waals surface area contributed by atoms with Crippen molar-refractivity contribution in [2.75, 3.05) is 18.5 Å². The van der Waals surface area contributed by atoms with Crippen LogP contribution in [-0.2, 0) is 0 Å². The Balaban J connectivity index is 1.73. The molecule has 1 unspecified atom stereocenters. The predicted octanol–water partition coefficient (Wildman–Crippen LogP) is 2.51. The second-order valence-electron chi connectivity index (χ2n) is 4.87. The maximum absolute atomic E-state index is 9.82. The summed E-state index contributed by atoms with van der Waals surface area (Å²) in [5.74, 6) is 0.977. The van der Waals surface area contributed by atoms with Crippen molar-refractivity contribution < 1.29 is 9.84 Å². The summed E-state index contributed by atoms with van der Waals surface area (Å²) in [6.07, 6.45) is 0.941. The second kappa shape index (κ2) is 7.21. The normalized spacial score (nSPS) is 12.4. The summed E-state index contributed by atoms with van der Waals surface area (Å²) < 4.78 is 13.0. The number of hydrogen-bond acceptors (Lipinski definition) is 6. The van der Waals surface area contributed by atoms with Crippen LogP contribution in [0.3, 0.4) is 0 Å². The molecule has 0 aliphatic carbocycles. The fourth-order valence-electron chi connectivity index (χ4n) is 1.68. The highest BCUT2D eigenvalue weighted by Gasteiger charge is 2.06. The molecule has 0 amide bonds. The lowest BCUT2D eigenvalue weighted by Gasteiger charge is -2.13. The number of nitrogens with zero attached hydrogens (tertiary/aromatic N) is 2. The smallest absolute Gasteiger partial charge is 0.245 e. The number of benzene rings is 1. The molecular weight excluding hydrogens is 274 g/mol. The number of nitrogens with one attached hydrogen (secondary N) is 1. The summed E-state index contributed by atoms with van der Waals surface area (Å²) in [6, 6.07) is 8.23. The summed E-state index contributed by atoms with van der Waals surface area (Å²) in [5.41, 5.74) is 2.29. The Hall–Kier alpha value is -1.66. The van der Waals surface area contributed by atoms with Gasteiger partial charge in [0.25, 0.3) is 0 Å². The predicted molar refractivity (Wildman–Crippen MR) is 80.4 cm³/mol. The third-order valence-corrected chi connectivity index (χ3v) is 3.35. The third-order valence-electron chi connectivity index (χ3n) is 2.88. The summed E-state index contributed by atoms with van der Waals surface area (Å²) >= 11 is 1.08. The van der Waals surface area contributed by atoms with Gasteiger partial charge in [0.05, 0.1) is 11.7 Å². The zero-order chi connectivity index (χ0) is 14.4. The monoisotopic (exact) mass is 293 g/mol. The van der Waals surface area contributed by atoms with Crippen LogP contribution in [0.2, 0.25) is 0 Å². The van der Waals surface area contributed by atoms with E-state index in [1.165, 1.54) is 11.8 Å². The van der Waals surface area contributed by atoms with E-state index in [9.17, 15) is 5.11 Å². The van der Waals surface area contributed by atoms with E-state index in [0.717, 1.165) is 17.4 Å². The van der Waals surface area contributed by atoms with Gasteiger partial charge in [-0.1, -0.05) is 26.0 Å². The molecule has 0 saturated heterocycles. The molecule has 108 valence electrons. The molecule has 1 aromatic carbocycles. The van der Waals surface area contributed by atoms with Crippen LogP contribution < -0.4 is 10.1 Å². The molecule has 0 saturated carbocycles. The Morgan fingerprint density at radius 3 is 2.65 bits per heavy atom. The Kier molecular flexibility index (Phi) is 5.31. The third kappa shape index (κ3) is 4.47. The molecule has 1 heterocycles. The van der Waals surface area contributed by atoms with E-state index < -0.39 is 6.10 Å². The van der Waals surface area contributed by atoms with Crippen LogP contribution in [0.5, 0.6) is 5.88 Å². The van der Waals surface area contributed by atoms with Crippen molar-refractivity contribution in [2.24, 2.45) is 0 Å². The van der Waals surface area contributed by atoms with Gasteiger partial charge in [-0.05, 0) is 23.6 Å². The fraction of sp³-hybridized carbons (Fsp3) is 0.429. The van der Waals surface area contributed by atoms with Crippen molar-refractivity contribution >= 4 is 17.4 Å². The number of aromatic nitrogens is 2. The fourth-order valence-corrected chi connectivity index (χ4v) is 2.05. The molecule has 6 heteroatoms. The Bertz CT molecular complexity index is 500. The molecule has 0 spiro atoms. The van der Waals surface area contributed by atoms with Crippen LogP contribution in [0.25, 0.3) is 0 Å². The lowest BCUT2D eigenvalue weighted by molar-refractivity contribution is 0.115. The first-order chi connectivity index (χ1) is 9.65. The van der Waals surface area contributed by atoms with E-state index >= 15 is 0 Å². The average Bonchev–Trinajstić information content (AvgIpc) is 2.96. The van der Waals surface area contributed by atoms with Gasteiger partial charge in [0.15, 0.2) is 0 Å². The number of aliphatic hydroxyl groups is 1. The Morgan fingerprint density at radius 1 is 1.30 bits per heavy atom. The van der Waals surface area contributed by atoms with E-state index in [1.807, 2.05) is 12.1 Å². The van der Waals surface area contributed by atoms with Crippen LogP contribution in [0.15, 0.2) is 30.5 Å².